The predicted molar refractivity (Wildman–Crippen MR) is 327 cm³/mol. The first-order chi connectivity index (χ1) is 39.6. The SMILES string of the molecule is CC/C=C\C/C=C\C/C=C\C/C=C\C/C=C\C/C=C\CCCCCCCCC(=O)NC(COC1OC(CO)C(OC2OC(CO)C(O)C(O)C2O)C(O)C1O)C(O)/C=C/CC/C=C/CC/C=C/CCCCCCCCCCCCCC. The van der Waals surface area contributed by atoms with Gasteiger partial charge in [-0.1, -0.05) is 220 Å². The van der Waals surface area contributed by atoms with Gasteiger partial charge < -0.3 is 65.1 Å². The van der Waals surface area contributed by atoms with Crippen molar-refractivity contribution in [3.8, 4) is 0 Å². The molecule has 12 unspecified atom stereocenters. The number of rotatable bonds is 49. The number of hydrogen-bond donors (Lipinski definition) is 9. The largest absolute Gasteiger partial charge is 0.394 e. The van der Waals surface area contributed by atoms with Gasteiger partial charge >= 0.3 is 0 Å². The molecule has 2 saturated heterocycles. The molecule has 9 N–H and O–H groups in total. The third-order valence-corrected chi connectivity index (χ3v) is 14.7. The van der Waals surface area contributed by atoms with E-state index in [9.17, 15) is 45.6 Å². The number of aliphatic hydroxyl groups excluding tert-OH is 8. The molecule has 0 spiro atoms. The van der Waals surface area contributed by atoms with Gasteiger partial charge in [0.15, 0.2) is 12.6 Å². The van der Waals surface area contributed by atoms with Crippen LogP contribution < -0.4 is 5.32 Å². The maximum Gasteiger partial charge on any atom is 0.220 e. The second-order valence-electron chi connectivity index (χ2n) is 21.8. The van der Waals surface area contributed by atoms with Crippen molar-refractivity contribution in [3.63, 3.8) is 0 Å². The van der Waals surface area contributed by atoms with Crippen molar-refractivity contribution in [3.05, 3.63) is 109 Å². The van der Waals surface area contributed by atoms with E-state index in [1.165, 1.54) is 77.0 Å². The highest BCUT2D eigenvalue weighted by Gasteiger charge is 2.51. The minimum absolute atomic E-state index is 0.246. The lowest BCUT2D eigenvalue weighted by atomic mass is 9.97. The van der Waals surface area contributed by atoms with E-state index in [0.717, 1.165) is 103 Å². The molecule has 2 aliphatic heterocycles. The van der Waals surface area contributed by atoms with Crippen LogP contribution in [-0.2, 0) is 23.7 Å². The van der Waals surface area contributed by atoms with Gasteiger partial charge in [-0.3, -0.25) is 4.79 Å². The lowest BCUT2D eigenvalue weighted by molar-refractivity contribution is -0.359. The Morgan fingerprint density at radius 2 is 0.864 bits per heavy atom. The summed E-state index contributed by atoms with van der Waals surface area (Å²) in [7, 11) is 0. The topological polar surface area (TPSA) is 228 Å². The van der Waals surface area contributed by atoms with Crippen LogP contribution in [0.25, 0.3) is 0 Å². The number of ether oxygens (including phenoxy) is 4. The fraction of sp³-hybridized carbons (Fsp3) is 0.716. The van der Waals surface area contributed by atoms with E-state index in [4.69, 9.17) is 18.9 Å². The van der Waals surface area contributed by atoms with E-state index in [0.29, 0.717) is 12.8 Å². The van der Waals surface area contributed by atoms with Gasteiger partial charge in [-0.25, -0.2) is 0 Å². The lowest BCUT2D eigenvalue weighted by Crippen LogP contribution is -2.65. The summed E-state index contributed by atoms with van der Waals surface area (Å²) in [6, 6.07) is -0.955. The van der Waals surface area contributed by atoms with Gasteiger partial charge in [-0.2, -0.15) is 0 Å². The van der Waals surface area contributed by atoms with Gasteiger partial charge in [0.25, 0.3) is 0 Å². The average Bonchev–Trinajstić information content (AvgIpc) is 3.47. The van der Waals surface area contributed by atoms with Crippen molar-refractivity contribution < 1.29 is 64.6 Å². The molecule has 2 heterocycles. The van der Waals surface area contributed by atoms with E-state index in [2.05, 4.69) is 116 Å². The Morgan fingerprint density at radius 3 is 1.36 bits per heavy atom. The van der Waals surface area contributed by atoms with E-state index >= 15 is 0 Å². The third-order valence-electron chi connectivity index (χ3n) is 14.7. The first kappa shape index (κ1) is 73.8. The van der Waals surface area contributed by atoms with E-state index < -0.39 is 86.8 Å². The molecule has 0 radical (unpaired) electrons. The Hall–Kier alpha value is -3.35. The van der Waals surface area contributed by atoms with Crippen LogP contribution in [0.15, 0.2) is 109 Å². The number of carbonyl (C=O) groups excluding carboxylic acids is 1. The zero-order chi connectivity index (χ0) is 58.8. The molecule has 2 fully saturated rings. The van der Waals surface area contributed by atoms with Crippen LogP contribution in [0.5, 0.6) is 0 Å². The number of hydrogen-bond acceptors (Lipinski definition) is 13. The smallest absolute Gasteiger partial charge is 0.220 e. The van der Waals surface area contributed by atoms with Crippen molar-refractivity contribution in [2.45, 2.75) is 286 Å². The summed E-state index contributed by atoms with van der Waals surface area (Å²) >= 11 is 0. The Morgan fingerprint density at radius 1 is 0.457 bits per heavy atom. The average molecular weight is 1140 g/mol. The second-order valence-corrected chi connectivity index (χ2v) is 21.8. The summed E-state index contributed by atoms with van der Waals surface area (Å²) in [6.07, 6.45) is 55.5. The molecule has 2 aliphatic rings. The normalized spacial score (nSPS) is 24.9. The molecule has 14 heteroatoms. The number of unbranched alkanes of at least 4 members (excludes halogenated alkanes) is 20. The Kier molecular flexibility index (Phi) is 46.5. The molecule has 12 atom stereocenters. The Bertz CT molecular complexity index is 1770. The number of nitrogens with one attached hydrogen (secondary N) is 1. The van der Waals surface area contributed by atoms with Crippen LogP contribution in [0.4, 0.5) is 0 Å². The molecule has 0 aliphatic carbocycles. The monoisotopic (exact) mass is 1140 g/mol. The standard InChI is InChI=1S/C67H113NO13/c1-3-5-7-9-11-13-15-17-19-21-23-25-27-28-29-31-33-35-37-39-41-43-45-47-49-51-59(72)68-55(54-78-66-64(77)62(75)65(58(53-70)80-66)81-67-63(76)61(74)60(73)57(52-69)79-67)56(71)50-48-46-44-42-40-38-36-34-32-30-26-24-22-20-18-16-14-12-10-8-6-4-2/h5,7,11,13,17,19,23,25,28-29,32-35,40,42,48,50,55-58,60-67,69-71,73-77H,3-4,6,8-10,12,14-16,18,20-22,24,26-27,30-31,36-39,41,43-47,49,51-54H2,1-2H3,(H,68,72)/b7-5-,13-11-,19-17-,25-23-,29-28-,34-32+,35-33-,42-40+,50-48+. The molecule has 0 aromatic carbocycles. The molecule has 2 rings (SSSR count). The molecule has 1 amide bonds. The second kappa shape index (κ2) is 51.1. The van der Waals surface area contributed by atoms with Crippen molar-refractivity contribution in [1.82, 2.24) is 5.32 Å². The van der Waals surface area contributed by atoms with Crippen LogP contribution in [0.3, 0.4) is 0 Å². The Balaban J connectivity index is 1.78. The molecule has 0 saturated carbocycles. The first-order valence-electron chi connectivity index (χ1n) is 31.6. The molecular weight excluding hydrogens is 1030 g/mol. The number of allylic oxidation sites excluding steroid dienone is 17. The highest BCUT2D eigenvalue weighted by Crippen LogP contribution is 2.30. The minimum atomic E-state index is -1.80. The number of carbonyl (C=O) groups is 1. The highest BCUT2D eigenvalue weighted by atomic mass is 16.7. The van der Waals surface area contributed by atoms with E-state index in [-0.39, 0.29) is 18.9 Å². The van der Waals surface area contributed by atoms with Crippen molar-refractivity contribution in [1.29, 1.82) is 0 Å². The number of aliphatic hydroxyl groups is 8. The van der Waals surface area contributed by atoms with Gasteiger partial charge in [0.05, 0.1) is 32.0 Å². The van der Waals surface area contributed by atoms with Crippen LogP contribution in [0.2, 0.25) is 0 Å². The molecule has 0 aromatic heterocycles. The summed E-state index contributed by atoms with van der Waals surface area (Å²) in [6.45, 7) is 2.64. The van der Waals surface area contributed by atoms with E-state index in [1.54, 1.807) is 6.08 Å². The lowest BCUT2D eigenvalue weighted by Gasteiger charge is -2.46. The van der Waals surface area contributed by atoms with Crippen molar-refractivity contribution >= 4 is 5.91 Å². The summed E-state index contributed by atoms with van der Waals surface area (Å²) in [4.78, 5) is 13.3. The molecule has 14 nitrogen and oxygen atoms in total. The molecule has 464 valence electrons. The zero-order valence-corrected chi connectivity index (χ0v) is 50.0. The molecule has 0 aromatic rings. The summed E-state index contributed by atoms with van der Waals surface area (Å²) in [5.41, 5.74) is 0. The van der Waals surface area contributed by atoms with Crippen molar-refractivity contribution in [2.75, 3.05) is 19.8 Å². The molecular formula is C67H113NO13. The minimum Gasteiger partial charge on any atom is -0.394 e. The summed E-state index contributed by atoms with van der Waals surface area (Å²) in [5, 5.41) is 87.2. The summed E-state index contributed by atoms with van der Waals surface area (Å²) in [5.74, 6) is -0.272. The first-order valence-corrected chi connectivity index (χ1v) is 31.6. The van der Waals surface area contributed by atoms with E-state index in [1.807, 2.05) is 6.08 Å². The maximum absolute atomic E-state index is 13.3. The highest BCUT2D eigenvalue weighted by molar-refractivity contribution is 5.76. The van der Waals surface area contributed by atoms with Gasteiger partial charge in [-0.05, 0) is 96.3 Å². The predicted octanol–water partition coefficient (Wildman–Crippen LogP) is 11.6. The fourth-order valence-corrected chi connectivity index (χ4v) is 9.62. The van der Waals surface area contributed by atoms with Gasteiger partial charge in [0, 0.05) is 6.42 Å². The molecule has 81 heavy (non-hydrogen) atoms. The quantitative estimate of drug-likeness (QED) is 0.0204. The fourth-order valence-electron chi connectivity index (χ4n) is 9.62. The third kappa shape index (κ3) is 36.2. The maximum atomic E-state index is 13.3. The van der Waals surface area contributed by atoms with Gasteiger partial charge in [0.2, 0.25) is 5.91 Å². The van der Waals surface area contributed by atoms with Crippen LogP contribution in [-0.4, -0.2) is 140 Å². The number of amides is 1. The zero-order valence-electron chi connectivity index (χ0n) is 50.0. The van der Waals surface area contributed by atoms with Crippen LogP contribution in [0.1, 0.15) is 213 Å². The van der Waals surface area contributed by atoms with Crippen molar-refractivity contribution in [2.24, 2.45) is 0 Å². The van der Waals surface area contributed by atoms with Crippen LogP contribution >= 0.6 is 0 Å². The van der Waals surface area contributed by atoms with Crippen LogP contribution in [0, 0.1) is 0 Å². The van der Waals surface area contributed by atoms with Gasteiger partial charge in [-0.15, -0.1) is 0 Å². The Labute approximate surface area is 489 Å². The summed E-state index contributed by atoms with van der Waals surface area (Å²) < 4.78 is 22.8. The molecule has 0 bridgehead atoms. The van der Waals surface area contributed by atoms with Gasteiger partial charge in [0.1, 0.15) is 48.8 Å².